The van der Waals surface area contributed by atoms with Gasteiger partial charge in [-0.15, -0.1) is 11.3 Å². The van der Waals surface area contributed by atoms with Gasteiger partial charge in [0.1, 0.15) is 5.75 Å². The van der Waals surface area contributed by atoms with E-state index in [0.29, 0.717) is 11.0 Å². The summed E-state index contributed by atoms with van der Waals surface area (Å²) in [7, 11) is 0. The summed E-state index contributed by atoms with van der Waals surface area (Å²) in [5.74, 6) is 0.846. The first-order valence-electron chi connectivity index (χ1n) is 7.68. The van der Waals surface area contributed by atoms with Gasteiger partial charge in [0.25, 0.3) is 0 Å². The fraction of sp³-hybridized carbons (Fsp3) is 0.211. The second-order valence-electron chi connectivity index (χ2n) is 5.80. The van der Waals surface area contributed by atoms with E-state index in [0.717, 1.165) is 17.7 Å². The molecular formula is C19H20N2OS. The first-order valence-corrected chi connectivity index (χ1v) is 8.56. The lowest BCUT2D eigenvalue weighted by Gasteiger charge is -2.20. The van der Waals surface area contributed by atoms with Crippen LogP contribution in [0.3, 0.4) is 0 Å². The molecule has 0 radical (unpaired) electrons. The Hall–Kier alpha value is -2.33. The van der Waals surface area contributed by atoms with Crippen LogP contribution in [0.5, 0.6) is 5.75 Å². The van der Waals surface area contributed by atoms with Crippen molar-refractivity contribution in [2.45, 2.75) is 25.2 Å². The summed E-state index contributed by atoms with van der Waals surface area (Å²) in [4.78, 5) is 4.49. The Bertz CT molecular complexity index is 753. The normalized spacial score (nSPS) is 13.6. The topological polar surface area (TPSA) is 59.1 Å². The van der Waals surface area contributed by atoms with Gasteiger partial charge in [0, 0.05) is 11.3 Å². The lowest BCUT2D eigenvalue weighted by Crippen LogP contribution is -2.07. The van der Waals surface area contributed by atoms with Gasteiger partial charge in [-0.2, -0.15) is 0 Å². The third-order valence-corrected chi connectivity index (χ3v) is 4.84. The number of nitrogens with two attached hydrogens (primary N) is 1. The molecule has 4 heteroatoms. The van der Waals surface area contributed by atoms with Crippen molar-refractivity contribution < 1.29 is 5.11 Å². The Morgan fingerprint density at radius 3 is 2.35 bits per heavy atom. The largest absolute Gasteiger partial charge is 0.508 e. The molecule has 0 saturated carbocycles. The van der Waals surface area contributed by atoms with Crippen LogP contribution < -0.4 is 5.73 Å². The molecule has 2 aromatic carbocycles. The summed E-state index contributed by atoms with van der Waals surface area (Å²) in [6.45, 7) is 2.23. The second-order valence-corrected chi connectivity index (χ2v) is 6.69. The minimum Gasteiger partial charge on any atom is -0.508 e. The number of phenols is 1. The Balaban J connectivity index is 1.90. The van der Waals surface area contributed by atoms with Crippen molar-refractivity contribution in [1.29, 1.82) is 0 Å². The number of anilines is 1. The van der Waals surface area contributed by atoms with Gasteiger partial charge in [-0.1, -0.05) is 49.4 Å². The Kier molecular flexibility index (Phi) is 4.63. The highest BCUT2D eigenvalue weighted by Crippen LogP contribution is 2.36. The fourth-order valence-electron chi connectivity index (χ4n) is 2.87. The second kappa shape index (κ2) is 6.84. The van der Waals surface area contributed by atoms with Crippen LogP contribution in [0.1, 0.15) is 42.0 Å². The molecule has 1 heterocycles. The Morgan fingerprint density at radius 2 is 1.74 bits per heavy atom. The first-order chi connectivity index (χ1) is 11.1. The number of aromatic hydroxyl groups is 1. The predicted molar refractivity (Wildman–Crippen MR) is 96.0 cm³/mol. The van der Waals surface area contributed by atoms with E-state index in [9.17, 15) is 5.11 Å². The van der Waals surface area contributed by atoms with Crippen LogP contribution in [-0.2, 0) is 0 Å². The number of aromatic nitrogens is 1. The maximum Gasteiger partial charge on any atom is 0.180 e. The van der Waals surface area contributed by atoms with Crippen LogP contribution in [0.15, 0.2) is 60.0 Å². The fourth-order valence-corrected chi connectivity index (χ4v) is 3.48. The Labute approximate surface area is 140 Å². The predicted octanol–water partition coefficient (Wildman–Crippen LogP) is 4.76. The summed E-state index contributed by atoms with van der Waals surface area (Å²) in [5.41, 5.74) is 9.30. The molecule has 0 amide bonds. The molecule has 0 aliphatic rings. The number of benzene rings is 2. The van der Waals surface area contributed by atoms with Gasteiger partial charge in [-0.25, -0.2) is 4.98 Å². The highest BCUT2D eigenvalue weighted by molar-refractivity contribution is 7.13. The smallest absolute Gasteiger partial charge is 0.180 e. The average molecular weight is 324 g/mol. The van der Waals surface area contributed by atoms with Gasteiger partial charge in [0.2, 0.25) is 0 Å². The van der Waals surface area contributed by atoms with Crippen molar-refractivity contribution in [2.24, 2.45) is 0 Å². The molecule has 2 unspecified atom stereocenters. The van der Waals surface area contributed by atoms with E-state index >= 15 is 0 Å². The van der Waals surface area contributed by atoms with Crippen LogP contribution in [-0.4, -0.2) is 10.1 Å². The zero-order valence-corrected chi connectivity index (χ0v) is 13.8. The summed E-state index contributed by atoms with van der Waals surface area (Å²) in [5, 5.41) is 12.2. The summed E-state index contributed by atoms with van der Waals surface area (Å²) in [6.07, 6.45) is 0.942. The maximum absolute atomic E-state index is 9.54. The van der Waals surface area contributed by atoms with E-state index in [2.05, 4.69) is 36.2 Å². The molecule has 3 N–H and O–H groups in total. The zero-order valence-electron chi connectivity index (χ0n) is 13.0. The summed E-state index contributed by atoms with van der Waals surface area (Å²) < 4.78 is 0. The molecule has 0 saturated heterocycles. The molecule has 3 aromatic rings. The van der Waals surface area contributed by atoms with Crippen molar-refractivity contribution in [3.8, 4) is 5.75 Å². The van der Waals surface area contributed by atoms with Crippen molar-refractivity contribution >= 4 is 16.5 Å². The van der Waals surface area contributed by atoms with Crippen molar-refractivity contribution in [3.05, 3.63) is 76.8 Å². The molecule has 1 aromatic heterocycles. The highest BCUT2D eigenvalue weighted by Gasteiger charge is 2.21. The van der Waals surface area contributed by atoms with E-state index in [1.54, 1.807) is 12.1 Å². The van der Waals surface area contributed by atoms with Gasteiger partial charge in [-0.05, 0) is 35.6 Å². The molecule has 0 aliphatic heterocycles. The standard InChI is InChI=1S/C19H20N2OS/c1-13(14-5-3-2-4-6-14)11-17(18-12-23-19(20)21-18)15-7-9-16(22)10-8-15/h2-10,12-13,17,22H,11H2,1H3,(H2,20,21). The first kappa shape index (κ1) is 15.6. The van der Waals surface area contributed by atoms with Crippen LogP contribution in [0.4, 0.5) is 5.13 Å². The summed E-state index contributed by atoms with van der Waals surface area (Å²) in [6, 6.07) is 17.9. The minimum absolute atomic E-state index is 0.166. The lowest BCUT2D eigenvalue weighted by molar-refractivity contribution is 0.474. The molecule has 0 aliphatic carbocycles. The van der Waals surface area contributed by atoms with Gasteiger partial charge in [0.15, 0.2) is 5.13 Å². The number of hydrogen-bond donors (Lipinski definition) is 2. The molecule has 0 spiro atoms. The third kappa shape index (κ3) is 3.71. The molecule has 3 rings (SSSR count). The monoisotopic (exact) mass is 324 g/mol. The molecule has 3 nitrogen and oxygen atoms in total. The van der Waals surface area contributed by atoms with Gasteiger partial charge >= 0.3 is 0 Å². The lowest BCUT2D eigenvalue weighted by atomic mass is 9.84. The number of hydrogen-bond acceptors (Lipinski definition) is 4. The van der Waals surface area contributed by atoms with Crippen LogP contribution >= 0.6 is 11.3 Å². The van der Waals surface area contributed by atoms with E-state index in [4.69, 9.17) is 5.73 Å². The molecule has 0 bridgehead atoms. The number of nitrogens with zero attached hydrogens (tertiary/aromatic N) is 1. The van der Waals surface area contributed by atoms with Crippen molar-refractivity contribution in [2.75, 3.05) is 5.73 Å². The van der Waals surface area contributed by atoms with Crippen molar-refractivity contribution in [3.63, 3.8) is 0 Å². The third-order valence-electron chi connectivity index (χ3n) is 4.15. The molecule has 23 heavy (non-hydrogen) atoms. The SMILES string of the molecule is CC(CC(c1ccc(O)cc1)c1csc(N)n1)c1ccccc1. The van der Waals surface area contributed by atoms with Gasteiger partial charge in [0.05, 0.1) is 5.69 Å². The number of nitrogen functional groups attached to an aromatic ring is 1. The number of thiazole rings is 1. The zero-order chi connectivity index (χ0) is 16.2. The summed E-state index contributed by atoms with van der Waals surface area (Å²) >= 11 is 1.47. The van der Waals surface area contributed by atoms with Crippen molar-refractivity contribution in [1.82, 2.24) is 4.98 Å². The van der Waals surface area contributed by atoms with Gasteiger partial charge in [-0.3, -0.25) is 0 Å². The quantitative estimate of drug-likeness (QED) is 0.711. The minimum atomic E-state index is 0.166. The van der Waals surface area contributed by atoms with Crippen LogP contribution in [0.2, 0.25) is 0 Å². The highest BCUT2D eigenvalue weighted by atomic mass is 32.1. The molecule has 0 fully saturated rings. The molecule has 118 valence electrons. The van der Waals surface area contributed by atoms with Crippen LogP contribution in [0, 0.1) is 0 Å². The van der Waals surface area contributed by atoms with E-state index in [-0.39, 0.29) is 11.7 Å². The maximum atomic E-state index is 9.54. The number of rotatable bonds is 5. The molecule has 2 atom stereocenters. The van der Waals surface area contributed by atoms with E-state index in [1.807, 2.05) is 23.6 Å². The van der Waals surface area contributed by atoms with E-state index in [1.165, 1.54) is 16.9 Å². The average Bonchev–Trinajstić information content (AvgIpc) is 3.00. The molecular weight excluding hydrogens is 304 g/mol. The van der Waals surface area contributed by atoms with E-state index < -0.39 is 0 Å². The van der Waals surface area contributed by atoms with Crippen LogP contribution in [0.25, 0.3) is 0 Å². The number of phenolic OH excluding ortho intramolecular Hbond substituents is 1. The Morgan fingerprint density at radius 1 is 1.04 bits per heavy atom. The van der Waals surface area contributed by atoms with Gasteiger partial charge < -0.3 is 10.8 Å².